The fourth-order valence-electron chi connectivity index (χ4n) is 2.23. The van der Waals surface area contributed by atoms with E-state index in [-0.39, 0.29) is 31.8 Å². The van der Waals surface area contributed by atoms with E-state index in [2.05, 4.69) is 15.4 Å². The highest BCUT2D eigenvalue weighted by Crippen LogP contribution is 2.03. The third-order valence-corrected chi connectivity index (χ3v) is 3.67. The molecule has 0 unspecified atom stereocenters. The lowest BCUT2D eigenvalue weighted by Gasteiger charge is -2.06. The number of nitrogens with zero attached hydrogens (tertiary/aromatic N) is 1. The van der Waals surface area contributed by atoms with Gasteiger partial charge in [0.25, 0.3) is 12.6 Å². The number of esters is 1. The molecule has 0 aliphatic rings. The van der Waals surface area contributed by atoms with E-state index in [1.807, 2.05) is 13.8 Å². The third-order valence-electron chi connectivity index (χ3n) is 3.67. The number of nitrogens with one attached hydrogen (secondary N) is 2. The maximum atomic E-state index is 11.8. The Morgan fingerprint density at radius 1 is 1.07 bits per heavy atom. The SMILES string of the molecule is CC.COC(=O)CCCCCCNC(=O)OC[n+]1cccc(C(=O)NCCO)c1. The minimum atomic E-state index is -0.535. The molecule has 29 heavy (non-hydrogen) atoms. The normalized spacial score (nSPS) is 9.66. The van der Waals surface area contributed by atoms with E-state index in [4.69, 9.17) is 9.84 Å². The predicted molar refractivity (Wildman–Crippen MR) is 107 cm³/mol. The summed E-state index contributed by atoms with van der Waals surface area (Å²) in [4.78, 5) is 34.4. The van der Waals surface area contributed by atoms with Gasteiger partial charge in [0.15, 0.2) is 12.4 Å². The second-order valence-electron chi connectivity index (χ2n) is 5.81. The van der Waals surface area contributed by atoms with Crippen molar-refractivity contribution in [3.63, 3.8) is 0 Å². The van der Waals surface area contributed by atoms with Crippen LogP contribution in [-0.4, -0.2) is 49.9 Å². The van der Waals surface area contributed by atoms with Crippen LogP contribution in [0.2, 0.25) is 0 Å². The fraction of sp³-hybridized carbons (Fsp3) is 0.600. The summed E-state index contributed by atoms with van der Waals surface area (Å²) in [5, 5.41) is 13.9. The van der Waals surface area contributed by atoms with Gasteiger partial charge in [0.05, 0.1) is 13.7 Å². The van der Waals surface area contributed by atoms with E-state index in [9.17, 15) is 14.4 Å². The molecule has 1 aromatic rings. The zero-order valence-electron chi connectivity index (χ0n) is 17.6. The average Bonchev–Trinajstić information content (AvgIpc) is 2.76. The largest absolute Gasteiger partial charge is 0.469 e. The quantitative estimate of drug-likeness (QED) is 0.272. The smallest absolute Gasteiger partial charge is 0.411 e. The summed E-state index contributed by atoms with van der Waals surface area (Å²) in [5.74, 6) is -0.515. The monoisotopic (exact) mass is 412 g/mol. The lowest BCUT2D eigenvalue weighted by Crippen LogP contribution is -2.39. The average molecular weight is 413 g/mol. The Hall–Kier alpha value is -2.68. The zero-order valence-corrected chi connectivity index (χ0v) is 17.6. The van der Waals surface area contributed by atoms with Gasteiger partial charge in [-0.05, 0) is 18.9 Å². The molecule has 0 spiro atoms. The first kappa shape index (κ1) is 26.3. The first-order valence-electron chi connectivity index (χ1n) is 9.92. The number of amides is 2. The number of aromatic nitrogens is 1. The number of aliphatic hydroxyl groups excluding tert-OH is 1. The number of unbranched alkanes of at least 4 members (excludes halogenated alkanes) is 3. The molecule has 0 bridgehead atoms. The molecule has 0 saturated carbocycles. The van der Waals surface area contributed by atoms with Gasteiger partial charge in [0, 0.05) is 25.6 Å². The van der Waals surface area contributed by atoms with Gasteiger partial charge in [-0.2, -0.15) is 4.57 Å². The molecule has 9 nitrogen and oxygen atoms in total. The molecule has 9 heteroatoms. The standard InChI is InChI=1S/C18H27N3O6.C2H6/c1-26-16(23)8-4-2-3-5-9-20-18(25)27-14-21-11-6-7-15(13-21)17(24)19-10-12-22;1-2/h6-7,11,13,22H,2-5,8-10,12,14H2,1H3,(H-,19,20,24,25);1-2H3/p+1. The topological polar surface area (TPSA) is 118 Å². The second kappa shape index (κ2) is 17.4. The molecule has 0 atom stereocenters. The Kier molecular flexibility index (Phi) is 15.8. The van der Waals surface area contributed by atoms with Crippen molar-refractivity contribution >= 4 is 18.0 Å². The maximum Gasteiger partial charge on any atom is 0.411 e. The number of carbonyl (C=O) groups is 3. The van der Waals surface area contributed by atoms with Crippen LogP contribution in [0.4, 0.5) is 4.79 Å². The summed E-state index contributed by atoms with van der Waals surface area (Å²) >= 11 is 0. The van der Waals surface area contributed by atoms with Crippen LogP contribution < -0.4 is 15.2 Å². The Morgan fingerprint density at radius 3 is 2.48 bits per heavy atom. The number of pyridine rings is 1. The van der Waals surface area contributed by atoms with Gasteiger partial charge in [-0.3, -0.25) is 9.59 Å². The molecule has 1 aromatic heterocycles. The summed E-state index contributed by atoms with van der Waals surface area (Å²) in [6.45, 7) is 4.51. The minimum absolute atomic E-state index is 0.0217. The molecular weight excluding hydrogens is 378 g/mol. The van der Waals surface area contributed by atoms with Gasteiger partial charge in [-0.1, -0.05) is 26.7 Å². The van der Waals surface area contributed by atoms with Gasteiger partial charge < -0.3 is 25.2 Å². The van der Waals surface area contributed by atoms with Crippen molar-refractivity contribution in [1.82, 2.24) is 10.6 Å². The van der Waals surface area contributed by atoms with Gasteiger partial charge in [-0.25, -0.2) is 4.79 Å². The van der Waals surface area contributed by atoms with E-state index in [0.29, 0.717) is 18.5 Å². The number of hydrogen-bond acceptors (Lipinski definition) is 6. The molecule has 1 heterocycles. The van der Waals surface area contributed by atoms with Crippen LogP contribution in [0, 0.1) is 0 Å². The lowest BCUT2D eigenvalue weighted by molar-refractivity contribution is -0.727. The number of methoxy groups -OCH3 is 1. The third kappa shape index (κ3) is 13.2. The Morgan fingerprint density at radius 2 is 1.79 bits per heavy atom. The van der Waals surface area contributed by atoms with Crippen molar-refractivity contribution in [3.05, 3.63) is 30.1 Å². The summed E-state index contributed by atoms with van der Waals surface area (Å²) < 4.78 is 11.2. The van der Waals surface area contributed by atoms with Crippen molar-refractivity contribution in [2.24, 2.45) is 0 Å². The maximum absolute atomic E-state index is 11.8. The molecule has 0 aliphatic carbocycles. The van der Waals surface area contributed by atoms with Crippen LogP contribution in [0.25, 0.3) is 0 Å². The van der Waals surface area contributed by atoms with Crippen molar-refractivity contribution < 1.29 is 33.5 Å². The molecule has 0 saturated heterocycles. The second-order valence-corrected chi connectivity index (χ2v) is 5.81. The molecule has 2 amide bonds. The highest BCUT2D eigenvalue weighted by Gasteiger charge is 2.11. The van der Waals surface area contributed by atoms with Crippen LogP contribution in [0.3, 0.4) is 0 Å². The Labute approximate surface area is 172 Å². The van der Waals surface area contributed by atoms with Gasteiger partial charge in [0.1, 0.15) is 5.56 Å². The van der Waals surface area contributed by atoms with Gasteiger partial charge in [0.2, 0.25) is 0 Å². The van der Waals surface area contributed by atoms with Crippen molar-refractivity contribution in [2.45, 2.75) is 52.7 Å². The Balaban J connectivity index is 0.00000379. The number of hydrogen-bond donors (Lipinski definition) is 3. The van der Waals surface area contributed by atoms with Crippen molar-refractivity contribution in [1.29, 1.82) is 0 Å². The van der Waals surface area contributed by atoms with Crippen LogP contribution in [0.1, 0.15) is 56.3 Å². The fourth-order valence-corrected chi connectivity index (χ4v) is 2.23. The molecule has 0 radical (unpaired) electrons. The highest BCUT2D eigenvalue weighted by molar-refractivity contribution is 5.93. The molecule has 1 rings (SSSR count). The number of carbonyl (C=O) groups excluding carboxylic acids is 3. The number of ether oxygens (including phenoxy) is 2. The molecule has 164 valence electrons. The van der Waals surface area contributed by atoms with E-state index in [1.54, 1.807) is 29.1 Å². The van der Waals surface area contributed by atoms with Crippen molar-refractivity contribution in [2.75, 3.05) is 26.8 Å². The molecule has 0 fully saturated rings. The van der Waals surface area contributed by atoms with E-state index < -0.39 is 6.09 Å². The zero-order chi connectivity index (χ0) is 21.9. The lowest BCUT2D eigenvalue weighted by atomic mass is 10.1. The van der Waals surface area contributed by atoms with Crippen LogP contribution in [0.15, 0.2) is 24.5 Å². The molecule has 3 N–H and O–H groups in total. The summed E-state index contributed by atoms with van der Waals surface area (Å²) in [7, 11) is 1.37. The van der Waals surface area contributed by atoms with Crippen LogP contribution in [0.5, 0.6) is 0 Å². The molecule has 0 aromatic carbocycles. The predicted octanol–water partition coefficient (Wildman–Crippen LogP) is 1.53. The summed E-state index contributed by atoms with van der Waals surface area (Å²) in [6.07, 6.45) is 6.48. The first-order valence-corrected chi connectivity index (χ1v) is 9.92. The summed E-state index contributed by atoms with van der Waals surface area (Å²) in [6, 6.07) is 3.30. The van der Waals surface area contributed by atoms with E-state index >= 15 is 0 Å². The Bertz CT molecular complexity index is 610. The number of rotatable bonds is 12. The number of alkyl carbamates (subject to hydrolysis) is 1. The number of aliphatic hydroxyl groups is 1. The minimum Gasteiger partial charge on any atom is -0.469 e. The van der Waals surface area contributed by atoms with E-state index in [0.717, 1.165) is 25.7 Å². The van der Waals surface area contributed by atoms with Crippen LogP contribution >= 0.6 is 0 Å². The van der Waals surface area contributed by atoms with Gasteiger partial charge in [-0.15, -0.1) is 0 Å². The molecular formula is C20H34N3O6+. The summed E-state index contributed by atoms with van der Waals surface area (Å²) in [5.41, 5.74) is 0.405. The van der Waals surface area contributed by atoms with Crippen LogP contribution in [-0.2, 0) is 21.0 Å². The molecule has 0 aliphatic heterocycles. The van der Waals surface area contributed by atoms with E-state index in [1.165, 1.54) is 7.11 Å². The first-order chi connectivity index (χ1) is 14.1. The van der Waals surface area contributed by atoms with Gasteiger partial charge >= 0.3 is 12.1 Å². The highest BCUT2D eigenvalue weighted by atomic mass is 16.6. The van der Waals surface area contributed by atoms with Crippen molar-refractivity contribution in [3.8, 4) is 0 Å².